The van der Waals surface area contributed by atoms with Gasteiger partial charge in [0.15, 0.2) is 0 Å². The van der Waals surface area contributed by atoms with Crippen molar-refractivity contribution < 1.29 is 13.2 Å². The summed E-state index contributed by atoms with van der Waals surface area (Å²) in [6.07, 6.45) is 0.411. The lowest BCUT2D eigenvalue weighted by molar-refractivity contribution is -0.121. The number of benzene rings is 1. The number of hydrogen-bond acceptors (Lipinski definition) is 5. The van der Waals surface area contributed by atoms with Gasteiger partial charge >= 0.3 is 0 Å². The average molecular weight is 378 g/mol. The molecule has 1 amide bonds. The number of carbonyl (C=O) groups is 1. The van der Waals surface area contributed by atoms with E-state index in [9.17, 15) is 13.2 Å². The Bertz CT molecular complexity index is 634. The van der Waals surface area contributed by atoms with Gasteiger partial charge in [-0.25, -0.2) is 13.1 Å². The zero-order valence-electron chi connectivity index (χ0n) is 12.5. The van der Waals surface area contributed by atoms with Gasteiger partial charge in [-0.1, -0.05) is 17.7 Å². The van der Waals surface area contributed by atoms with Crippen LogP contribution >= 0.6 is 23.4 Å². The molecule has 0 bridgehead atoms. The van der Waals surface area contributed by atoms with Crippen LogP contribution in [0.15, 0.2) is 29.2 Å². The van der Waals surface area contributed by atoms with Crippen LogP contribution in [-0.2, 0) is 14.8 Å². The van der Waals surface area contributed by atoms with Crippen molar-refractivity contribution in [3.63, 3.8) is 0 Å². The van der Waals surface area contributed by atoms with Crippen LogP contribution in [0.1, 0.15) is 6.42 Å². The molecule has 1 fully saturated rings. The highest BCUT2D eigenvalue weighted by atomic mass is 35.5. The van der Waals surface area contributed by atoms with Crippen molar-refractivity contribution in [1.82, 2.24) is 15.4 Å². The number of thioether (sulfide) groups is 1. The highest BCUT2D eigenvalue weighted by Gasteiger charge is 2.17. The van der Waals surface area contributed by atoms with Crippen LogP contribution < -0.4 is 15.4 Å². The first kappa shape index (κ1) is 18.5. The molecule has 6 nitrogen and oxygen atoms in total. The first-order valence-electron chi connectivity index (χ1n) is 7.30. The molecule has 1 aliphatic rings. The summed E-state index contributed by atoms with van der Waals surface area (Å²) in [5, 5.41) is 6.37. The van der Waals surface area contributed by atoms with Crippen LogP contribution in [0.4, 0.5) is 0 Å². The van der Waals surface area contributed by atoms with Gasteiger partial charge in [-0.3, -0.25) is 4.79 Å². The third-order valence-electron chi connectivity index (χ3n) is 3.28. The Balaban J connectivity index is 1.71. The van der Waals surface area contributed by atoms with E-state index in [1.54, 1.807) is 12.1 Å². The molecular weight excluding hydrogens is 358 g/mol. The maximum Gasteiger partial charge on any atom is 0.240 e. The smallest absolute Gasteiger partial charge is 0.240 e. The Morgan fingerprint density at radius 3 is 2.91 bits per heavy atom. The summed E-state index contributed by atoms with van der Waals surface area (Å²) in [4.78, 5) is 11.9. The zero-order valence-corrected chi connectivity index (χ0v) is 14.9. The minimum absolute atomic E-state index is 0.0769. The quantitative estimate of drug-likeness (QED) is 0.613. The van der Waals surface area contributed by atoms with Crippen LogP contribution in [0.2, 0.25) is 5.02 Å². The minimum Gasteiger partial charge on any atom is -0.355 e. The van der Waals surface area contributed by atoms with Crippen LogP contribution in [0.3, 0.4) is 0 Å². The summed E-state index contributed by atoms with van der Waals surface area (Å²) in [6, 6.07) is 6.23. The highest BCUT2D eigenvalue weighted by molar-refractivity contribution is 7.99. The Labute approximate surface area is 145 Å². The lowest BCUT2D eigenvalue weighted by Crippen LogP contribution is -2.42. The van der Waals surface area contributed by atoms with Crippen molar-refractivity contribution in [2.24, 2.45) is 0 Å². The molecule has 0 aliphatic carbocycles. The van der Waals surface area contributed by atoms with E-state index in [0.29, 0.717) is 11.4 Å². The summed E-state index contributed by atoms with van der Waals surface area (Å²) in [5.41, 5.74) is 0. The molecule has 3 N–H and O–H groups in total. The van der Waals surface area contributed by atoms with Gasteiger partial charge in [0.05, 0.1) is 4.90 Å². The third-order valence-corrected chi connectivity index (χ3v) is 6.10. The SMILES string of the molecule is O=C(CC1CSCCN1)NCCNS(=O)(=O)c1cccc(Cl)c1. The molecule has 0 aromatic heterocycles. The fraction of sp³-hybridized carbons (Fsp3) is 0.500. The van der Waals surface area contributed by atoms with Crippen molar-refractivity contribution in [2.45, 2.75) is 17.4 Å². The number of rotatable bonds is 7. The first-order valence-corrected chi connectivity index (χ1v) is 10.3. The maximum atomic E-state index is 12.1. The van der Waals surface area contributed by atoms with E-state index < -0.39 is 10.0 Å². The number of halogens is 1. The Morgan fingerprint density at radius 2 is 2.22 bits per heavy atom. The molecule has 1 aromatic carbocycles. The van der Waals surface area contributed by atoms with Gasteiger partial charge in [-0.05, 0) is 18.2 Å². The molecule has 2 rings (SSSR count). The topological polar surface area (TPSA) is 87.3 Å². The second-order valence-electron chi connectivity index (χ2n) is 5.14. The molecule has 23 heavy (non-hydrogen) atoms. The van der Waals surface area contributed by atoms with Gasteiger partial charge in [-0.2, -0.15) is 11.8 Å². The predicted octanol–water partition coefficient (Wildman–Crippen LogP) is 0.830. The molecule has 1 saturated heterocycles. The predicted molar refractivity (Wildman–Crippen MR) is 93.4 cm³/mol. The third kappa shape index (κ3) is 6.31. The first-order chi connectivity index (χ1) is 11.0. The van der Waals surface area contributed by atoms with E-state index >= 15 is 0 Å². The number of amides is 1. The molecule has 9 heteroatoms. The number of carbonyl (C=O) groups excluding carboxylic acids is 1. The molecule has 0 radical (unpaired) electrons. The molecule has 1 unspecified atom stereocenters. The summed E-state index contributed by atoms with van der Waals surface area (Å²) in [6.45, 7) is 1.30. The van der Waals surface area contributed by atoms with E-state index in [0.717, 1.165) is 18.1 Å². The summed E-state index contributed by atoms with van der Waals surface area (Å²) in [5.74, 6) is 1.92. The lowest BCUT2D eigenvalue weighted by atomic mass is 10.2. The molecule has 1 aromatic rings. The lowest BCUT2D eigenvalue weighted by Gasteiger charge is -2.22. The Morgan fingerprint density at radius 1 is 1.39 bits per heavy atom. The van der Waals surface area contributed by atoms with Crippen molar-refractivity contribution in [3.05, 3.63) is 29.3 Å². The molecule has 0 saturated carbocycles. The van der Waals surface area contributed by atoms with E-state index in [1.807, 2.05) is 11.8 Å². The fourth-order valence-electron chi connectivity index (χ4n) is 2.15. The molecular formula is C14H20ClN3O3S2. The molecule has 128 valence electrons. The fourth-order valence-corrected chi connectivity index (χ4v) is 4.43. The van der Waals surface area contributed by atoms with Crippen molar-refractivity contribution >= 4 is 39.3 Å². The number of hydrogen-bond donors (Lipinski definition) is 3. The number of nitrogens with one attached hydrogen (secondary N) is 3. The van der Waals surface area contributed by atoms with E-state index in [1.165, 1.54) is 12.1 Å². The van der Waals surface area contributed by atoms with E-state index in [2.05, 4.69) is 15.4 Å². The van der Waals surface area contributed by atoms with Crippen molar-refractivity contribution in [3.8, 4) is 0 Å². The largest absolute Gasteiger partial charge is 0.355 e. The van der Waals surface area contributed by atoms with Gasteiger partial charge in [-0.15, -0.1) is 0 Å². The van der Waals surface area contributed by atoms with Crippen LogP contribution in [0.25, 0.3) is 0 Å². The number of sulfonamides is 1. The zero-order chi connectivity index (χ0) is 16.7. The van der Waals surface area contributed by atoms with Crippen LogP contribution in [0, 0.1) is 0 Å². The van der Waals surface area contributed by atoms with Crippen molar-refractivity contribution in [2.75, 3.05) is 31.1 Å². The summed E-state index contributed by atoms with van der Waals surface area (Å²) < 4.78 is 26.5. The van der Waals surface area contributed by atoms with Gasteiger partial charge in [0, 0.05) is 48.6 Å². The Hall–Kier alpha value is -0.800. The normalized spacial score (nSPS) is 18.6. The highest BCUT2D eigenvalue weighted by Crippen LogP contribution is 2.14. The minimum atomic E-state index is -3.61. The van der Waals surface area contributed by atoms with Gasteiger partial charge in [0.2, 0.25) is 15.9 Å². The molecule has 0 spiro atoms. The van der Waals surface area contributed by atoms with E-state index in [-0.39, 0.29) is 29.9 Å². The second kappa shape index (κ2) is 8.89. The monoisotopic (exact) mass is 377 g/mol. The summed E-state index contributed by atoms with van der Waals surface area (Å²) >= 11 is 7.62. The summed E-state index contributed by atoms with van der Waals surface area (Å²) in [7, 11) is -3.61. The average Bonchev–Trinajstić information content (AvgIpc) is 2.53. The maximum absolute atomic E-state index is 12.1. The molecule has 1 atom stereocenters. The van der Waals surface area contributed by atoms with Crippen LogP contribution in [0.5, 0.6) is 0 Å². The van der Waals surface area contributed by atoms with Crippen molar-refractivity contribution in [1.29, 1.82) is 0 Å². The van der Waals surface area contributed by atoms with Gasteiger partial charge in [0.1, 0.15) is 0 Å². The molecule has 1 aliphatic heterocycles. The molecule has 1 heterocycles. The second-order valence-corrected chi connectivity index (χ2v) is 8.49. The van der Waals surface area contributed by atoms with Crippen LogP contribution in [-0.4, -0.2) is 51.5 Å². The Kier molecular flexibility index (Phi) is 7.16. The van der Waals surface area contributed by atoms with E-state index in [4.69, 9.17) is 11.6 Å². The van der Waals surface area contributed by atoms with Gasteiger partial charge < -0.3 is 10.6 Å². The standard InChI is InChI=1S/C14H20ClN3O3S2/c15-11-2-1-3-13(8-11)23(20,21)18-5-4-17-14(19)9-12-10-22-7-6-16-12/h1-3,8,12,16,18H,4-7,9-10H2,(H,17,19). The van der Waals surface area contributed by atoms with Gasteiger partial charge in [0.25, 0.3) is 0 Å².